The molecule has 3 aromatic heterocycles. The molecule has 2 amide bonds. The van der Waals surface area contributed by atoms with Crippen molar-refractivity contribution in [2.45, 2.75) is 36.2 Å². The summed E-state index contributed by atoms with van der Waals surface area (Å²) in [6.07, 6.45) is 0. The monoisotopic (exact) mass is 624 g/mol. The molecule has 5 heterocycles. The first-order valence-electron chi connectivity index (χ1n) is 11.4. The third-order valence-corrected chi connectivity index (χ3v) is 9.59. The number of ether oxygens (including phenoxy) is 1. The Bertz CT molecular complexity index is 1560. The highest BCUT2D eigenvalue weighted by molar-refractivity contribution is 8.01. The van der Waals surface area contributed by atoms with Crippen LogP contribution in [0.15, 0.2) is 45.3 Å². The Hall–Kier alpha value is -3.48. The first-order valence-corrected chi connectivity index (χ1v) is 15.2. The van der Waals surface area contributed by atoms with Crippen LogP contribution >= 0.6 is 46.4 Å². The summed E-state index contributed by atoms with van der Waals surface area (Å²) in [5.74, 6) is -1.19. The van der Waals surface area contributed by atoms with Crippen molar-refractivity contribution in [2.24, 2.45) is 5.16 Å². The zero-order chi connectivity index (χ0) is 28.4. The van der Waals surface area contributed by atoms with Gasteiger partial charge in [-0.25, -0.2) is 19.6 Å². The van der Waals surface area contributed by atoms with E-state index in [0.717, 1.165) is 0 Å². The number of thioether (sulfide) groups is 2. The van der Waals surface area contributed by atoms with Gasteiger partial charge in [-0.3, -0.25) is 14.5 Å². The summed E-state index contributed by atoms with van der Waals surface area (Å²) >= 11 is 5.30. The average molecular weight is 625 g/mol. The molecular weight excluding hydrogens is 605 g/mol. The average Bonchev–Trinajstić information content (AvgIpc) is 3.68. The maximum Gasteiger partial charge on any atom is 0.519 e. The molecule has 0 bridgehead atoms. The van der Waals surface area contributed by atoms with E-state index in [1.165, 1.54) is 65.3 Å². The van der Waals surface area contributed by atoms with Crippen molar-refractivity contribution in [1.82, 2.24) is 24.6 Å². The van der Waals surface area contributed by atoms with Crippen molar-refractivity contribution in [3.05, 3.63) is 55.8 Å². The lowest BCUT2D eigenvalue weighted by molar-refractivity contribution is -0.153. The summed E-state index contributed by atoms with van der Waals surface area (Å²) in [7, 11) is 1.30. The summed E-state index contributed by atoms with van der Waals surface area (Å²) in [5.41, 5.74) is 2.49. The Morgan fingerprint density at radius 2 is 2.12 bits per heavy atom. The number of thiazole rings is 1. The van der Waals surface area contributed by atoms with E-state index in [1.807, 2.05) is 0 Å². The van der Waals surface area contributed by atoms with E-state index >= 15 is 0 Å². The number of fused-ring (bicyclic) bond motifs is 1. The molecule has 0 saturated carbocycles. The van der Waals surface area contributed by atoms with Gasteiger partial charge in [-0.1, -0.05) is 16.9 Å². The second-order valence-electron chi connectivity index (χ2n) is 8.22. The van der Waals surface area contributed by atoms with Crippen molar-refractivity contribution in [3.63, 3.8) is 0 Å². The van der Waals surface area contributed by atoms with Gasteiger partial charge in [0.15, 0.2) is 28.2 Å². The van der Waals surface area contributed by atoms with Crippen molar-refractivity contribution in [1.29, 1.82) is 0 Å². The SMILES string of the molecule is CO/N=C(/C(=O)NC1C(=O)N2C(C(=O)OCc3oc(=O)oc3C)=C(CSc3nc(C)ns3)CS[C@H]12)c1cscn1. The molecular formula is C22H20N6O8S4. The quantitative estimate of drug-likeness (QED) is 0.113. The van der Waals surface area contributed by atoms with Crippen LogP contribution in [0.3, 0.4) is 0 Å². The third-order valence-electron chi connectivity index (χ3n) is 5.65. The lowest BCUT2D eigenvalue weighted by Crippen LogP contribution is -2.71. The van der Waals surface area contributed by atoms with Crippen molar-refractivity contribution >= 4 is 69.9 Å². The Morgan fingerprint density at radius 1 is 1.30 bits per heavy atom. The number of carbonyl (C=O) groups excluding carboxylic acids is 3. The fraction of sp³-hybridized carbons (Fsp3) is 0.364. The van der Waals surface area contributed by atoms with Gasteiger partial charge in [0.05, 0.1) is 5.51 Å². The number of amides is 2. The van der Waals surface area contributed by atoms with Crippen LogP contribution < -0.4 is 11.1 Å². The maximum absolute atomic E-state index is 13.3. The highest BCUT2D eigenvalue weighted by Gasteiger charge is 2.54. The van der Waals surface area contributed by atoms with E-state index in [1.54, 1.807) is 17.8 Å². The van der Waals surface area contributed by atoms with Crippen LogP contribution in [0.4, 0.5) is 0 Å². The third kappa shape index (κ3) is 5.70. The van der Waals surface area contributed by atoms with Gasteiger partial charge >= 0.3 is 11.8 Å². The van der Waals surface area contributed by atoms with Crippen LogP contribution in [0, 0.1) is 13.8 Å². The molecule has 18 heteroatoms. The van der Waals surface area contributed by atoms with Crippen LogP contribution in [0.5, 0.6) is 0 Å². The molecule has 3 aromatic rings. The summed E-state index contributed by atoms with van der Waals surface area (Å²) in [5, 5.41) is 7.51. The molecule has 14 nitrogen and oxygen atoms in total. The van der Waals surface area contributed by atoms with Crippen molar-refractivity contribution < 1.29 is 32.8 Å². The molecule has 1 unspecified atom stereocenters. The molecule has 2 atom stereocenters. The molecule has 0 spiro atoms. The minimum absolute atomic E-state index is 0.0630. The van der Waals surface area contributed by atoms with Gasteiger partial charge in [0.2, 0.25) is 0 Å². The van der Waals surface area contributed by atoms with E-state index < -0.39 is 35.0 Å². The minimum atomic E-state index is -0.921. The molecule has 0 aromatic carbocycles. The number of esters is 1. The van der Waals surface area contributed by atoms with Crippen LogP contribution in [0.2, 0.25) is 0 Å². The Labute approximate surface area is 242 Å². The molecule has 210 valence electrons. The van der Waals surface area contributed by atoms with E-state index in [4.69, 9.17) is 18.4 Å². The molecule has 2 aliphatic rings. The Morgan fingerprint density at radius 3 is 2.77 bits per heavy atom. The van der Waals surface area contributed by atoms with E-state index in [2.05, 4.69) is 24.8 Å². The molecule has 2 aliphatic heterocycles. The predicted molar refractivity (Wildman–Crippen MR) is 145 cm³/mol. The maximum atomic E-state index is 13.3. The number of hydrogen-bond donors (Lipinski definition) is 1. The van der Waals surface area contributed by atoms with E-state index in [0.29, 0.717) is 32.9 Å². The number of hydrogen-bond acceptors (Lipinski definition) is 16. The topological polar surface area (TPSA) is 179 Å². The van der Waals surface area contributed by atoms with Gasteiger partial charge in [-0.2, -0.15) is 4.37 Å². The van der Waals surface area contributed by atoms with Gasteiger partial charge in [0.25, 0.3) is 11.8 Å². The molecule has 0 aliphatic carbocycles. The second kappa shape index (κ2) is 11.9. The molecule has 1 saturated heterocycles. The van der Waals surface area contributed by atoms with Crippen LogP contribution in [0.1, 0.15) is 23.0 Å². The number of aromatic nitrogens is 3. The lowest BCUT2D eigenvalue weighted by atomic mass is 10.0. The highest BCUT2D eigenvalue weighted by atomic mass is 32.2. The molecule has 0 radical (unpaired) electrons. The number of nitrogens with one attached hydrogen (secondary N) is 1. The molecule has 40 heavy (non-hydrogen) atoms. The van der Waals surface area contributed by atoms with Gasteiger partial charge < -0.3 is 23.7 Å². The van der Waals surface area contributed by atoms with Gasteiger partial charge in [-0.05, 0) is 31.0 Å². The second-order valence-corrected chi connectivity index (χ2v) is 12.0. The summed E-state index contributed by atoms with van der Waals surface area (Å²) < 4.78 is 20.0. The van der Waals surface area contributed by atoms with E-state index in [9.17, 15) is 19.2 Å². The zero-order valence-electron chi connectivity index (χ0n) is 21.1. The standard InChI is InChI=1S/C22H20N6O8S4/c1-9-13(36-22(32)35-9)4-34-20(31)16-11(6-39-21-24-10(2)27-40-21)5-38-19-15(18(30)28(16)19)25-17(29)14(26-33-3)12-7-37-8-23-12/h7-8,15,19H,4-6H2,1-3H3,(H,25,29)/b26-14+/t15?,19-/m1/s1. The van der Waals surface area contributed by atoms with Crippen molar-refractivity contribution in [2.75, 3.05) is 18.6 Å². The zero-order valence-corrected chi connectivity index (χ0v) is 24.3. The summed E-state index contributed by atoms with van der Waals surface area (Å²) in [6, 6.07) is -0.921. The van der Waals surface area contributed by atoms with Crippen molar-refractivity contribution in [3.8, 4) is 0 Å². The summed E-state index contributed by atoms with van der Waals surface area (Å²) in [6.45, 7) is 2.93. The number of β-lactam (4-membered cyclic amide) rings is 1. The number of oxime groups is 1. The lowest BCUT2D eigenvalue weighted by Gasteiger charge is -2.49. The Balaban J connectivity index is 1.36. The first kappa shape index (κ1) is 28.1. The van der Waals surface area contributed by atoms with E-state index in [-0.39, 0.29) is 29.5 Å². The number of aryl methyl sites for hydroxylation is 2. The largest absolute Gasteiger partial charge is 0.519 e. The molecule has 1 N–H and O–H groups in total. The first-order chi connectivity index (χ1) is 19.3. The number of rotatable bonds is 10. The smallest absolute Gasteiger partial charge is 0.453 e. The van der Waals surface area contributed by atoms with Gasteiger partial charge in [-0.15, -0.1) is 23.1 Å². The minimum Gasteiger partial charge on any atom is -0.453 e. The van der Waals surface area contributed by atoms with Gasteiger partial charge in [0, 0.05) is 16.9 Å². The Kier molecular flexibility index (Phi) is 8.38. The molecule has 1 fully saturated rings. The number of carbonyl (C=O) groups is 3. The summed E-state index contributed by atoms with van der Waals surface area (Å²) in [4.78, 5) is 65.5. The van der Waals surface area contributed by atoms with Crippen LogP contribution in [-0.2, 0) is 30.6 Å². The molecule has 5 rings (SSSR count). The normalized spacial score (nSPS) is 18.8. The van der Waals surface area contributed by atoms with Crippen LogP contribution in [-0.4, -0.2) is 72.8 Å². The number of nitrogens with zero attached hydrogens (tertiary/aromatic N) is 5. The highest BCUT2D eigenvalue weighted by Crippen LogP contribution is 2.42. The fourth-order valence-electron chi connectivity index (χ4n) is 3.81. The van der Waals surface area contributed by atoms with Crippen LogP contribution in [0.25, 0.3) is 0 Å². The fourth-order valence-corrected chi connectivity index (χ4v) is 7.48. The predicted octanol–water partition coefficient (Wildman–Crippen LogP) is 1.70. The van der Waals surface area contributed by atoms with Gasteiger partial charge in [0.1, 0.15) is 35.7 Å².